The average molecular weight is 355 g/mol. The lowest BCUT2D eigenvalue weighted by molar-refractivity contribution is -0.144. The van der Waals surface area contributed by atoms with E-state index in [1.165, 1.54) is 7.11 Å². The molecule has 2 atom stereocenters. The van der Waals surface area contributed by atoms with Crippen LogP contribution in [0.5, 0.6) is 11.5 Å². The van der Waals surface area contributed by atoms with Crippen molar-refractivity contribution in [3.63, 3.8) is 0 Å². The third kappa shape index (κ3) is 3.22. The predicted molar refractivity (Wildman–Crippen MR) is 96.6 cm³/mol. The van der Waals surface area contributed by atoms with Crippen LogP contribution in [0.2, 0.25) is 0 Å². The fourth-order valence-electron chi connectivity index (χ4n) is 3.46. The van der Waals surface area contributed by atoms with Crippen LogP contribution in [-0.4, -0.2) is 31.2 Å². The molecular formula is C20H21NO5. The Labute approximate surface area is 152 Å². The summed E-state index contributed by atoms with van der Waals surface area (Å²) in [5.41, 5.74) is 1.32. The molecule has 2 aromatic rings. The Bertz CT molecular complexity index is 802. The van der Waals surface area contributed by atoms with E-state index in [2.05, 4.69) is 0 Å². The molecule has 1 heterocycles. The number of amides is 1. The highest BCUT2D eigenvalue weighted by molar-refractivity contribution is 5.97. The zero-order valence-electron chi connectivity index (χ0n) is 14.7. The van der Waals surface area contributed by atoms with Gasteiger partial charge in [-0.05, 0) is 36.8 Å². The van der Waals surface area contributed by atoms with E-state index in [0.29, 0.717) is 29.2 Å². The monoisotopic (exact) mass is 355 g/mol. The lowest BCUT2D eigenvalue weighted by atomic mass is 9.83. The van der Waals surface area contributed by atoms with Gasteiger partial charge < -0.3 is 19.5 Å². The van der Waals surface area contributed by atoms with E-state index in [1.807, 2.05) is 18.2 Å². The number of hydrogen-bond donors (Lipinski definition) is 1. The van der Waals surface area contributed by atoms with Crippen LogP contribution >= 0.6 is 0 Å². The number of carbonyl (C=O) groups excluding carboxylic acids is 1. The molecule has 1 saturated heterocycles. The number of carboxylic acids is 1. The van der Waals surface area contributed by atoms with Gasteiger partial charge in [0.1, 0.15) is 11.5 Å². The van der Waals surface area contributed by atoms with Crippen molar-refractivity contribution >= 4 is 17.6 Å². The predicted octanol–water partition coefficient (Wildman–Crippen LogP) is 3.27. The molecule has 2 aromatic carbocycles. The number of para-hydroxylation sites is 1. The highest BCUT2D eigenvalue weighted by Crippen LogP contribution is 2.43. The molecule has 0 aliphatic carbocycles. The number of nitrogens with zero attached hydrogens (tertiary/aromatic N) is 1. The van der Waals surface area contributed by atoms with Crippen LogP contribution in [-0.2, 0) is 9.59 Å². The van der Waals surface area contributed by atoms with Crippen molar-refractivity contribution in [2.45, 2.75) is 18.9 Å². The lowest BCUT2D eigenvalue weighted by Crippen LogP contribution is -2.45. The summed E-state index contributed by atoms with van der Waals surface area (Å²) in [6, 6.07) is 13.6. The minimum absolute atomic E-state index is 0.108. The van der Waals surface area contributed by atoms with Crippen molar-refractivity contribution in [3.05, 3.63) is 54.1 Å². The van der Waals surface area contributed by atoms with Gasteiger partial charge in [0, 0.05) is 17.7 Å². The van der Waals surface area contributed by atoms with Crippen molar-refractivity contribution < 1.29 is 24.2 Å². The maximum atomic E-state index is 12.8. The van der Waals surface area contributed by atoms with Gasteiger partial charge in [-0.3, -0.25) is 9.59 Å². The second-order valence-electron chi connectivity index (χ2n) is 6.13. The van der Waals surface area contributed by atoms with E-state index in [-0.39, 0.29) is 12.3 Å². The number of ether oxygens (including phenoxy) is 2. The van der Waals surface area contributed by atoms with E-state index in [9.17, 15) is 14.7 Å². The number of anilines is 1. The topological polar surface area (TPSA) is 76.1 Å². The molecular weight excluding hydrogens is 334 g/mol. The quantitative estimate of drug-likeness (QED) is 0.891. The molecule has 0 spiro atoms. The molecule has 0 radical (unpaired) electrons. The van der Waals surface area contributed by atoms with Crippen LogP contribution in [0.4, 0.5) is 5.69 Å². The molecule has 0 unspecified atom stereocenters. The summed E-state index contributed by atoms with van der Waals surface area (Å²) in [4.78, 5) is 26.3. The smallest absolute Gasteiger partial charge is 0.308 e. The lowest BCUT2D eigenvalue weighted by Gasteiger charge is -2.40. The number of rotatable bonds is 5. The summed E-state index contributed by atoms with van der Waals surface area (Å²) >= 11 is 0. The van der Waals surface area contributed by atoms with E-state index in [0.717, 1.165) is 0 Å². The zero-order valence-corrected chi connectivity index (χ0v) is 14.7. The Morgan fingerprint density at radius 1 is 1.08 bits per heavy atom. The van der Waals surface area contributed by atoms with Gasteiger partial charge in [-0.15, -0.1) is 0 Å². The van der Waals surface area contributed by atoms with E-state index >= 15 is 0 Å². The SMILES string of the molecule is COc1ccc(N2C(=O)CC[C@H](C(=O)O)[C@H]2c2ccccc2OC)cc1. The van der Waals surface area contributed by atoms with Crippen molar-refractivity contribution in [3.8, 4) is 11.5 Å². The third-order valence-electron chi connectivity index (χ3n) is 4.72. The zero-order chi connectivity index (χ0) is 18.7. The molecule has 0 aromatic heterocycles. The molecule has 26 heavy (non-hydrogen) atoms. The first-order chi connectivity index (χ1) is 12.6. The number of carbonyl (C=O) groups is 2. The largest absolute Gasteiger partial charge is 0.497 e. The summed E-state index contributed by atoms with van der Waals surface area (Å²) in [5, 5.41) is 9.77. The Hall–Kier alpha value is -3.02. The van der Waals surface area contributed by atoms with Gasteiger partial charge in [0.25, 0.3) is 0 Å². The molecule has 1 aliphatic rings. The molecule has 0 bridgehead atoms. The molecule has 1 N–H and O–H groups in total. The average Bonchev–Trinajstić information content (AvgIpc) is 2.67. The number of hydrogen-bond acceptors (Lipinski definition) is 4. The molecule has 1 fully saturated rings. The van der Waals surface area contributed by atoms with Crippen molar-refractivity contribution in [2.75, 3.05) is 19.1 Å². The van der Waals surface area contributed by atoms with E-state index in [4.69, 9.17) is 9.47 Å². The number of carboxylic acid groups (broad SMARTS) is 1. The summed E-state index contributed by atoms with van der Waals surface area (Å²) in [7, 11) is 3.11. The minimum Gasteiger partial charge on any atom is -0.497 e. The first-order valence-corrected chi connectivity index (χ1v) is 8.38. The van der Waals surface area contributed by atoms with Crippen LogP contribution in [0.3, 0.4) is 0 Å². The summed E-state index contributed by atoms with van der Waals surface area (Å²) in [5.74, 6) is -0.514. The van der Waals surface area contributed by atoms with Crippen LogP contribution in [0.1, 0.15) is 24.4 Å². The summed E-state index contributed by atoms with van der Waals surface area (Å²) in [6.07, 6.45) is 0.484. The Balaban J connectivity index is 2.13. The Morgan fingerprint density at radius 2 is 1.77 bits per heavy atom. The number of aliphatic carboxylic acids is 1. The van der Waals surface area contributed by atoms with Gasteiger partial charge in [-0.1, -0.05) is 18.2 Å². The number of benzene rings is 2. The highest BCUT2D eigenvalue weighted by Gasteiger charge is 2.42. The molecule has 3 rings (SSSR count). The van der Waals surface area contributed by atoms with Crippen LogP contribution in [0, 0.1) is 5.92 Å². The normalized spacial score (nSPS) is 19.9. The first-order valence-electron chi connectivity index (χ1n) is 8.38. The Kier molecular flexibility index (Phi) is 5.11. The Morgan fingerprint density at radius 3 is 2.38 bits per heavy atom. The standard InChI is InChI=1S/C20H21NO5/c1-25-14-9-7-13(8-10-14)21-18(22)12-11-16(20(23)24)19(21)15-5-3-4-6-17(15)26-2/h3-10,16,19H,11-12H2,1-2H3,(H,23,24)/t16-,19+/m0/s1. The molecule has 1 aliphatic heterocycles. The third-order valence-corrected chi connectivity index (χ3v) is 4.72. The van der Waals surface area contributed by atoms with Crippen molar-refractivity contribution in [1.29, 1.82) is 0 Å². The van der Waals surface area contributed by atoms with Gasteiger partial charge in [0.2, 0.25) is 5.91 Å². The maximum absolute atomic E-state index is 12.8. The fraction of sp³-hybridized carbons (Fsp3) is 0.300. The van der Waals surface area contributed by atoms with Gasteiger partial charge in [-0.25, -0.2) is 0 Å². The van der Waals surface area contributed by atoms with Crippen molar-refractivity contribution in [2.24, 2.45) is 5.92 Å². The fourth-order valence-corrected chi connectivity index (χ4v) is 3.46. The van der Waals surface area contributed by atoms with Crippen LogP contribution in [0.25, 0.3) is 0 Å². The minimum atomic E-state index is -0.924. The molecule has 1 amide bonds. The van der Waals surface area contributed by atoms with E-state index < -0.39 is 17.9 Å². The molecule has 6 nitrogen and oxygen atoms in total. The van der Waals surface area contributed by atoms with Crippen LogP contribution in [0.15, 0.2) is 48.5 Å². The van der Waals surface area contributed by atoms with E-state index in [1.54, 1.807) is 42.3 Å². The van der Waals surface area contributed by atoms with Crippen LogP contribution < -0.4 is 14.4 Å². The summed E-state index contributed by atoms with van der Waals surface area (Å²) in [6.45, 7) is 0. The number of piperidine rings is 1. The summed E-state index contributed by atoms with van der Waals surface area (Å²) < 4.78 is 10.6. The highest BCUT2D eigenvalue weighted by atomic mass is 16.5. The van der Waals surface area contributed by atoms with Gasteiger partial charge >= 0.3 is 5.97 Å². The van der Waals surface area contributed by atoms with Gasteiger partial charge in [0.05, 0.1) is 26.2 Å². The van der Waals surface area contributed by atoms with Gasteiger partial charge in [0.15, 0.2) is 0 Å². The second-order valence-corrected chi connectivity index (χ2v) is 6.13. The maximum Gasteiger partial charge on any atom is 0.308 e. The molecule has 136 valence electrons. The number of methoxy groups -OCH3 is 2. The second kappa shape index (κ2) is 7.47. The first kappa shape index (κ1) is 17.8. The van der Waals surface area contributed by atoms with Crippen molar-refractivity contribution in [1.82, 2.24) is 0 Å². The molecule has 0 saturated carbocycles. The van der Waals surface area contributed by atoms with Gasteiger partial charge in [-0.2, -0.15) is 0 Å². The molecule has 6 heteroatoms.